The predicted octanol–water partition coefficient (Wildman–Crippen LogP) is -0.380. The van der Waals surface area contributed by atoms with Gasteiger partial charge in [-0.2, -0.15) is 0 Å². The Balaban J connectivity index is 2.10. The van der Waals surface area contributed by atoms with Crippen LogP contribution in [0.1, 0.15) is 12.5 Å². The van der Waals surface area contributed by atoms with Crippen molar-refractivity contribution in [3.05, 3.63) is 23.8 Å². The molecule has 0 spiro atoms. The Kier molecular flexibility index (Phi) is 4.29. The normalized spacial score (nSPS) is 14.2. The van der Waals surface area contributed by atoms with Crippen LogP contribution in [0.25, 0.3) is 0 Å². The van der Waals surface area contributed by atoms with Crippen LogP contribution in [-0.2, 0) is 26.0 Å². The first-order valence-electron chi connectivity index (χ1n) is 6.45. The van der Waals surface area contributed by atoms with Gasteiger partial charge in [0.25, 0.3) is 0 Å². The van der Waals surface area contributed by atoms with Crippen LogP contribution in [0.3, 0.4) is 0 Å². The molecule has 0 bridgehead atoms. The lowest BCUT2D eigenvalue weighted by Gasteiger charge is -2.11. The van der Waals surface area contributed by atoms with Crippen molar-refractivity contribution in [2.24, 2.45) is 0 Å². The van der Waals surface area contributed by atoms with Crippen LogP contribution in [0.2, 0.25) is 0 Å². The number of fused-ring (bicyclic) bond motifs is 1. The van der Waals surface area contributed by atoms with Crippen molar-refractivity contribution in [1.82, 2.24) is 10.0 Å². The van der Waals surface area contributed by atoms with Gasteiger partial charge in [-0.3, -0.25) is 9.59 Å². The van der Waals surface area contributed by atoms with Crippen molar-refractivity contribution in [3.63, 3.8) is 0 Å². The summed E-state index contributed by atoms with van der Waals surface area (Å²) in [7, 11) is -1.99. The lowest BCUT2D eigenvalue weighted by Crippen LogP contribution is -2.33. The molecular weight excluding hydrogens is 294 g/mol. The minimum absolute atomic E-state index is 0.0573. The Hall–Kier alpha value is -1.93. The van der Waals surface area contributed by atoms with Gasteiger partial charge in [-0.05, 0) is 23.8 Å². The number of carbonyl (C=O) groups excluding carboxylic acids is 2. The molecule has 0 aromatic heterocycles. The second-order valence-electron chi connectivity index (χ2n) is 4.80. The third-order valence-electron chi connectivity index (χ3n) is 3.23. The van der Waals surface area contributed by atoms with E-state index in [9.17, 15) is 18.0 Å². The van der Waals surface area contributed by atoms with E-state index in [1.807, 2.05) is 0 Å². The highest BCUT2D eigenvalue weighted by Crippen LogP contribution is 2.29. The van der Waals surface area contributed by atoms with Gasteiger partial charge in [-0.25, -0.2) is 13.1 Å². The summed E-state index contributed by atoms with van der Waals surface area (Å²) in [5.74, 6) is -0.272. The van der Waals surface area contributed by atoms with E-state index in [1.165, 1.54) is 24.0 Å². The molecule has 1 aromatic carbocycles. The molecule has 2 N–H and O–H groups in total. The molecule has 0 fully saturated rings. The van der Waals surface area contributed by atoms with Gasteiger partial charge in [0.1, 0.15) is 0 Å². The van der Waals surface area contributed by atoms with E-state index in [4.69, 9.17) is 0 Å². The van der Waals surface area contributed by atoms with Crippen molar-refractivity contribution in [2.45, 2.75) is 18.2 Å². The monoisotopic (exact) mass is 311 g/mol. The van der Waals surface area contributed by atoms with Crippen LogP contribution in [0.5, 0.6) is 0 Å². The van der Waals surface area contributed by atoms with Gasteiger partial charge in [0.15, 0.2) is 0 Å². The number of nitrogens with zero attached hydrogens (tertiary/aromatic N) is 1. The number of rotatable bonds is 5. The summed E-state index contributed by atoms with van der Waals surface area (Å²) in [6.45, 7) is 1.70. The van der Waals surface area contributed by atoms with Gasteiger partial charge in [0, 0.05) is 32.7 Å². The van der Waals surface area contributed by atoms with Crippen molar-refractivity contribution < 1.29 is 18.0 Å². The molecule has 1 aromatic rings. The molecule has 0 saturated carbocycles. The van der Waals surface area contributed by atoms with E-state index in [-0.39, 0.29) is 36.2 Å². The van der Waals surface area contributed by atoms with Crippen LogP contribution in [-0.4, -0.2) is 40.4 Å². The fourth-order valence-electron chi connectivity index (χ4n) is 2.12. The maximum absolute atomic E-state index is 12.1. The van der Waals surface area contributed by atoms with E-state index in [0.29, 0.717) is 5.56 Å². The van der Waals surface area contributed by atoms with Crippen molar-refractivity contribution in [3.8, 4) is 0 Å². The van der Waals surface area contributed by atoms with Crippen LogP contribution in [0.4, 0.5) is 5.69 Å². The zero-order chi connectivity index (χ0) is 15.6. The SMILES string of the molecule is CC(=O)NCCNS(=O)(=O)c1ccc2c(c1)CC(=O)N2C. The van der Waals surface area contributed by atoms with Gasteiger partial charge < -0.3 is 10.2 Å². The van der Waals surface area contributed by atoms with E-state index in [2.05, 4.69) is 10.0 Å². The van der Waals surface area contributed by atoms with E-state index in [1.54, 1.807) is 13.1 Å². The molecular formula is C13H17N3O4S. The van der Waals surface area contributed by atoms with E-state index in [0.717, 1.165) is 5.69 Å². The first-order valence-corrected chi connectivity index (χ1v) is 7.93. The smallest absolute Gasteiger partial charge is 0.240 e. The Bertz CT molecular complexity index is 685. The van der Waals surface area contributed by atoms with E-state index >= 15 is 0 Å². The minimum Gasteiger partial charge on any atom is -0.355 e. The number of amides is 2. The Morgan fingerprint density at radius 1 is 1.33 bits per heavy atom. The Morgan fingerprint density at radius 3 is 2.71 bits per heavy atom. The van der Waals surface area contributed by atoms with Crippen molar-refractivity contribution in [1.29, 1.82) is 0 Å². The molecule has 1 aliphatic heterocycles. The average Bonchev–Trinajstić information content (AvgIpc) is 2.70. The molecule has 8 heteroatoms. The molecule has 2 rings (SSSR count). The molecule has 114 valence electrons. The summed E-state index contributed by atoms with van der Waals surface area (Å²) < 4.78 is 26.6. The number of hydrogen-bond acceptors (Lipinski definition) is 4. The zero-order valence-corrected chi connectivity index (χ0v) is 12.7. The van der Waals surface area contributed by atoms with Crippen molar-refractivity contribution >= 4 is 27.5 Å². The van der Waals surface area contributed by atoms with E-state index < -0.39 is 10.0 Å². The Labute approximate surface area is 123 Å². The fourth-order valence-corrected chi connectivity index (χ4v) is 3.20. The second-order valence-corrected chi connectivity index (χ2v) is 6.57. The highest BCUT2D eigenvalue weighted by Gasteiger charge is 2.26. The zero-order valence-electron chi connectivity index (χ0n) is 11.8. The van der Waals surface area contributed by atoms with Crippen LogP contribution in [0, 0.1) is 0 Å². The summed E-state index contributed by atoms with van der Waals surface area (Å²) in [6.07, 6.45) is 0.209. The number of carbonyl (C=O) groups is 2. The fraction of sp³-hybridized carbons (Fsp3) is 0.385. The maximum atomic E-state index is 12.1. The molecule has 21 heavy (non-hydrogen) atoms. The van der Waals surface area contributed by atoms with Gasteiger partial charge in [-0.15, -0.1) is 0 Å². The average molecular weight is 311 g/mol. The summed E-state index contributed by atoms with van der Waals surface area (Å²) in [4.78, 5) is 23.9. The number of hydrogen-bond donors (Lipinski definition) is 2. The van der Waals surface area contributed by atoms with Gasteiger partial charge in [-0.1, -0.05) is 0 Å². The third-order valence-corrected chi connectivity index (χ3v) is 4.69. The molecule has 1 aliphatic rings. The summed E-state index contributed by atoms with van der Waals surface area (Å²) in [5, 5.41) is 2.51. The predicted molar refractivity (Wildman–Crippen MR) is 77.4 cm³/mol. The highest BCUT2D eigenvalue weighted by molar-refractivity contribution is 7.89. The van der Waals surface area contributed by atoms with Gasteiger partial charge >= 0.3 is 0 Å². The van der Waals surface area contributed by atoms with Crippen LogP contribution in [0.15, 0.2) is 23.1 Å². The van der Waals surface area contributed by atoms with Crippen LogP contribution >= 0.6 is 0 Å². The molecule has 0 aliphatic carbocycles. The topological polar surface area (TPSA) is 95.6 Å². The molecule has 2 amide bonds. The largest absolute Gasteiger partial charge is 0.355 e. The van der Waals surface area contributed by atoms with Crippen LogP contribution < -0.4 is 14.9 Å². The molecule has 7 nitrogen and oxygen atoms in total. The highest BCUT2D eigenvalue weighted by atomic mass is 32.2. The number of sulfonamides is 1. The second kappa shape index (κ2) is 5.82. The first-order chi connectivity index (χ1) is 9.81. The third kappa shape index (κ3) is 3.40. The summed E-state index contributed by atoms with van der Waals surface area (Å²) >= 11 is 0. The lowest BCUT2D eigenvalue weighted by molar-refractivity contribution is -0.119. The summed E-state index contributed by atoms with van der Waals surface area (Å²) in [6, 6.07) is 4.61. The minimum atomic E-state index is -3.65. The molecule has 0 atom stereocenters. The molecule has 0 radical (unpaired) electrons. The quantitative estimate of drug-likeness (QED) is 0.725. The maximum Gasteiger partial charge on any atom is 0.240 e. The molecule has 1 heterocycles. The number of anilines is 1. The van der Waals surface area contributed by atoms with Crippen molar-refractivity contribution in [2.75, 3.05) is 25.0 Å². The number of benzene rings is 1. The lowest BCUT2D eigenvalue weighted by atomic mass is 10.2. The van der Waals surface area contributed by atoms with Gasteiger partial charge in [0.05, 0.1) is 11.3 Å². The van der Waals surface area contributed by atoms with Gasteiger partial charge in [0.2, 0.25) is 21.8 Å². The standard InChI is InChI=1S/C13H17N3O4S/c1-9(17)14-5-6-15-21(19,20)11-3-4-12-10(7-11)8-13(18)16(12)2/h3-4,7,15H,5-6,8H2,1-2H3,(H,14,17). The first kappa shape index (κ1) is 15.5. The number of nitrogens with one attached hydrogen (secondary N) is 2. The molecule has 0 unspecified atom stereocenters. The summed E-state index contributed by atoms with van der Waals surface area (Å²) in [5.41, 5.74) is 1.43. The number of likely N-dealkylation sites (N-methyl/N-ethyl adjacent to an activating group) is 1. The Morgan fingerprint density at radius 2 is 2.05 bits per heavy atom. The molecule has 0 saturated heterocycles.